The van der Waals surface area contributed by atoms with Crippen LogP contribution in [0.15, 0.2) is 59.5 Å². The number of thioether (sulfide) groups is 1. The number of hydrogen-bond acceptors (Lipinski definition) is 4. The van der Waals surface area contributed by atoms with Crippen LogP contribution in [0.2, 0.25) is 0 Å². The van der Waals surface area contributed by atoms with Gasteiger partial charge in [-0.15, -0.1) is 11.8 Å². The Morgan fingerprint density at radius 2 is 1.83 bits per heavy atom. The van der Waals surface area contributed by atoms with Gasteiger partial charge in [0.2, 0.25) is 11.8 Å². The first kappa shape index (κ1) is 19.8. The van der Waals surface area contributed by atoms with Gasteiger partial charge in [0.15, 0.2) is 0 Å². The van der Waals surface area contributed by atoms with Crippen molar-refractivity contribution in [2.75, 3.05) is 42.2 Å². The number of nitrogens with zero attached hydrogens (tertiary/aromatic N) is 2. The van der Waals surface area contributed by atoms with Crippen LogP contribution in [0.5, 0.6) is 0 Å². The largest absolute Gasteiger partial charge is 0.371 e. The van der Waals surface area contributed by atoms with Crippen LogP contribution in [-0.4, -0.2) is 44.2 Å². The molecule has 29 heavy (non-hydrogen) atoms. The number of benzene rings is 2. The van der Waals surface area contributed by atoms with Crippen molar-refractivity contribution in [3.63, 3.8) is 0 Å². The average Bonchev–Trinajstić information content (AvgIpc) is 3.40. The molecule has 6 heteroatoms. The smallest absolute Gasteiger partial charge is 0.227 e. The molecular formula is C23H27N3O2S. The van der Waals surface area contributed by atoms with E-state index in [2.05, 4.69) is 34.5 Å². The molecule has 2 saturated heterocycles. The van der Waals surface area contributed by atoms with Crippen LogP contribution in [0.1, 0.15) is 12.8 Å². The van der Waals surface area contributed by atoms with Crippen molar-refractivity contribution < 1.29 is 9.59 Å². The van der Waals surface area contributed by atoms with Crippen molar-refractivity contribution in [1.82, 2.24) is 5.32 Å². The second-order valence-corrected chi connectivity index (χ2v) is 8.66. The number of hydrogen-bond donors (Lipinski definition) is 1. The third-order valence-electron chi connectivity index (χ3n) is 5.85. The van der Waals surface area contributed by atoms with Crippen molar-refractivity contribution in [1.29, 1.82) is 0 Å². The molecule has 2 atom stereocenters. The molecule has 2 heterocycles. The molecule has 0 spiro atoms. The lowest BCUT2D eigenvalue weighted by Gasteiger charge is -2.19. The SMILES string of the molecule is CSc1ccc(N2C[C@H](C(=O)NC[C@H]3CCN(c4ccccc4)C3)CC2=O)cc1. The maximum atomic E-state index is 12.7. The van der Waals surface area contributed by atoms with E-state index in [1.54, 1.807) is 16.7 Å². The van der Waals surface area contributed by atoms with Crippen molar-refractivity contribution >= 4 is 35.0 Å². The van der Waals surface area contributed by atoms with Gasteiger partial charge in [-0.05, 0) is 55.0 Å². The highest BCUT2D eigenvalue weighted by molar-refractivity contribution is 7.98. The number of anilines is 2. The third-order valence-corrected chi connectivity index (χ3v) is 6.60. The first-order valence-electron chi connectivity index (χ1n) is 10.2. The summed E-state index contributed by atoms with van der Waals surface area (Å²) in [6, 6.07) is 18.3. The van der Waals surface area contributed by atoms with Crippen LogP contribution in [0.4, 0.5) is 11.4 Å². The van der Waals surface area contributed by atoms with Crippen LogP contribution in [-0.2, 0) is 9.59 Å². The van der Waals surface area contributed by atoms with E-state index in [0.717, 1.165) is 30.1 Å². The average molecular weight is 410 g/mol. The summed E-state index contributed by atoms with van der Waals surface area (Å²) in [6.07, 6.45) is 3.39. The fraction of sp³-hybridized carbons (Fsp3) is 0.391. The summed E-state index contributed by atoms with van der Waals surface area (Å²) in [4.78, 5) is 30.4. The summed E-state index contributed by atoms with van der Waals surface area (Å²) in [5.74, 6) is 0.207. The molecular weight excluding hydrogens is 382 g/mol. The molecule has 2 amide bonds. The molecule has 2 aromatic rings. The first-order chi connectivity index (χ1) is 14.1. The van der Waals surface area contributed by atoms with Gasteiger partial charge in [0.05, 0.1) is 5.92 Å². The van der Waals surface area contributed by atoms with Crippen LogP contribution < -0.4 is 15.1 Å². The lowest BCUT2D eigenvalue weighted by Crippen LogP contribution is -2.36. The van der Waals surface area contributed by atoms with Crippen LogP contribution in [0.25, 0.3) is 0 Å². The Balaban J connectivity index is 1.27. The molecule has 0 saturated carbocycles. The van der Waals surface area contributed by atoms with E-state index >= 15 is 0 Å². The molecule has 2 aliphatic rings. The number of para-hydroxylation sites is 1. The molecule has 4 rings (SSSR count). The van der Waals surface area contributed by atoms with Gasteiger partial charge in [-0.1, -0.05) is 18.2 Å². The van der Waals surface area contributed by atoms with Crippen molar-refractivity contribution in [3.8, 4) is 0 Å². The molecule has 2 aromatic carbocycles. The Bertz CT molecular complexity index is 856. The second-order valence-electron chi connectivity index (χ2n) is 7.78. The zero-order valence-electron chi connectivity index (χ0n) is 16.7. The fourth-order valence-electron chi connectivity index (χ4n) is 4.16. The Labute approximate surface area is 176 Å². The number of carbonyl (C=O) groups is 2. The maximum absolute atomic E-state index is 12.7. The number of rotatable bonds is 6. The zero-order chi connectivity index (χ0) is 20.2. The summed E-state index contributed by atoms with van der Waals surface area (Å²) >= 11 is 1.67. The van der Waals surface area contributed by atoms with E-state index in [0.29, 0.717) is 19.0 Å². The van der Waals surface area contributed by atoms with E-state index in [-0.39, 0.29) is 24.2 Å². The van der Waals surface area contributed by atoms with E-state index in [9.17, 15) is 9.59 Å². The number of carbonyl (C=O) groups excluding carboxylic acids is 2. The van der Waals surface area contributed by atoms with Gasteiger partial charge in [-0.2, -0.15) is 0 Å². The summed E-state index contributed by atoms with van der Waals surface area (Å²) in [7, 11) is 0. The number of amides is 2. The fourth-order valence-corrected chi connectivity index (χ4v) is 4.57. The van der Waals surface area contributed by atoms with Gasteiger partial charge in [-0.25, -0.2) is 0 Å². The second kappa shape index (κ2) is 8.91. The highest BCUT2D eigenvalue weighted by Crippen LogP contribution is 2.28. The normalized spacial score (nSPS) is 21.6. The first-order valence-corrected chi connectivity index (χ1v) is 11.4. The van der Waals surface area contributed by atoms with Gasteiger partial charge in [0, 0.05) is 48.9 Å². The molecule has 1 N–H and O–H groups in total. The molecule has 152 valence electrons. The van der Waals surface area contributed by atoms with Crippen LogP contribution in [0, 0.1) is 11.8 Å². The standard InChI is InChI=1S/C23H27N3O2S/c1-29-21-9-7-20(8-10-21)26-16-18(13-22(26)27)23(28)24-14-17-11-12-25(15-17)19-5-3-2-4-6-19/h2-10,17-18H,11-16H2,1H3,(H,24,28)/t17-,18-/m1/s1. The highest BCUT2D eigenvalue weighted by atomic mass is 32.2. The molecule has 5 nitrogen and oxygen atoms in total. The summed E-state index contributed by atoms with van der Waals surface area (Å²) in [5, 5.41) is 3.10. The molecule has 0 radical (unpaired) electrons. The monoisotopic (exact) mass is 409 g/mol. The molecule has 0 unspecified atom stereocenters. The molecule has 0 aromatic heterocycles. The number of nitrogens with one attached hydrogen (secondary N) is 1. The lowest BCUT2D eigenvalue weighted by atomic mass is 10.1. The molecule has 0 bridgehead atoms. The Hall–Kier alpha value is -2.47. The van der Waals surface area contributed by atoms with E-state index in [1.807, 2.05) is 36.6 Å². The molecule has 2 aliphatic heterocycles. The minimum Gasteiger partial charge on any atom is -0.371 e. The molecule has 2 fully saturated rings. The van der Waals surface area contributed by atoms with Crippen molar-refractivity contribution in [2.24, 2.45) is 11.8 Å². The summed E-state index contributed by atoms with van der Waals surface area (Å²) in [5.41, 5.74) is 2.11. The van der Waals surface area contributed by atoms with Gasteiger partial charge >= 0.3 is 0 Å². The van der Waals surface area contributed by atoms with Crippen LogP contribution >= 0.6 is 11.8 Å². The maximum Gasteiger partial charge on any atom is 0.227 e. The predicted molar refractivity (Wildman–Crippen MR) is 118 cm³/mol. The topological polar surface area (TPSA) is 52.7 Å². The van der Waals surface area contributed by atoms with Gasteiger partial charge in [0.1, 0.15) is 0 Å². The Morgan fingerprint density at radius 3 is 2.55 bits per heavy atom. The van der Waals surface area contributed by atoms with Gasteiger partial charge < -0.3 is 15.1 Å². The van der Waals surface area contributed by atoms with Crippen LogP contribution in [0.3, 0.4) is 0 Å². The van der Waals surface area contributed by atoms with E-state index in [4.69, 9.17) is 0 Å². The van der Waals surface area contributed by atoms with E-state index in [1.165, 1.54) is 5.69 Å². The zero-order valence-corrected chi connectivity index (χ0v) is 17.5. The Kier molecular flexibility index (Phi) is 6.09. The van der Waals surface area contributed by atoms with E-state index < -0.39 is 0 Å². The molecule has 0 aliphatic carbocycles. The summed E-state index contributed by atoms with van der Waals surface area (Å²) < 4.78 is 0. The summed E-state index contributed by atoms with van der Waals surface area (Å²) in [6.45, 7) is 3.12. The lowest BCUT2D eigenvalue weighted by molar-refractivity contribution is -0.126. The Morgan fingerprint density at radius 1 is 1.07 bits per heavy atom. The quantitative estimate of drug-likeness (QED) is 0.743. The van der Waals surface area contributed by atoms with Gasteiger partial charge in [-0.3, -0.25) is 9.59 Å². The minimum atomic E-state index is -0.269. The highest BCUT2D eigenvalue weighted by Gasteiger charge is 2.35. The minimum absolute atomic E-state index is 0.000236. The van der Waals surface area contributed by atoms with Crippen molar-refractivity contribution in [2.45, 2.75) is 17.7 Å². The third kappa shape index (κ3) is 4.58. The predicted octanol–water partition coefficient (Wildman–Crippen LogP) is 3.40. The van der Waals surface area contributed by atoms with Crippen molar-refractivity contribution in [3.05, 3.63) is 54.6 Å². The van der Waals surface area contributed by atoms with Gasteiger partial charge in [0.25, 0.3) is 0 Å².